The molecule has 0 N–H and O–H groups in total. The number of aromatic nitrogens is 2. The Balaban J connectivity index is 1.26. The molecule has 3 fully saturated rings. The number of ether oxygens (including phenoxy) is 1. The molecular weight excluding hydrogens is 394 g/mol. The van der Waals surface area contributed by atoms with Gasteiger partial charge in [0, 0.05) is 17.0 Å². The zero-order chi connectivity index (χ0) is 20.4. The van der Waals surface area contributed by atoms with Gasteiger partial charge in [0.1, 0.15) is 22.4 Å². The fraction of sp³-hybridized carbons (Fsp3) is 0.500. The van der Waals surface area contributed by atoms with E-state index < -0.39 is 0 Å². The van der Waals surface area contributed by atoms with Gasteiger partial charge >= 0.3 is 0 Å². The molecule has 3 aromatic rings. The van der Waals surface area contributed by atoms with Crippen LogP contribution >= 0.6 is 11.3 Å². The van der Waals surface area contributed by atoms with Crippen LogP contribution in [0.1, 0.15) is 55.1 Å². The third kappa shape index (κ3) is 3.08. The van der Waals surface area contributed by atoms with Crippen molar-refractivity contribution in [1.82, 2.24) is 14.5 Å². The average Bonchev–Trinajstić information content (AvgIpc) is 3.46. The van der Waals surface area contributed by atoms with Crippen LogP contribution in [0, 0.1) is 6.92 Å². The maximum Gasteiger partial charge on any atom is 0.276 e. The minimum absolute atomic E-state index is 0.0370. The Labute approximate surface area is 180 Å². The summed E-state index contributed by atoms with van der Waals surface area (Å²) in [7, 11) is 2.25. The monoisotopic (exact) mass is 421 g/mol. The predicted molar refractivity (Wildman–Crippen MR) is 120 cm³/mol. The van der Waals surface area contributed by atoms with E-state index in [1.54, 1.807) is 15.9 Å². The lowest BCUT2D eigenvalue weighted by molar-refractivity contribution is 0.0662. The van der Waals surface area contributed by atoms with E-state index in [1.165, 1.54) is 30.6 Å². The summed E-state index contributed by atoms with van der Waals surface area (Å²) in [5.74, 6) is 2.26. The van der Waals surface area contributed by atoms with E-state index in [0.29, 0.717) is 24.1 Å². The van der Waals surface area contributed by atoms with Gasteiger partial charge in [-0.1, -0.05) is 0 Å². The summed E-state index contributed by atoms with van der Waals surface area (Å²) in [4.78, 5) is 21.8. The number of nitrogens with zero attached hydrogens (tertiary/aromatic N) is 3. The van der Waals surface area contributed by atoms with Crippen molar-refractivity contribution in [3.8, 4) is 11.4 Å². The van der Waals surface area contributed by atoms with Gasteiger partial charge in [-0.25, -0.2) is 4.98 Å². The number of piperidine rings is 1. The lowest BCUT2D eigenvalue weighted by Crippen LogP contribution is -2.43. The fourth-order valence-corrected chi connectivity index (χ4v) is 6.50. The van der Waals surface area contributed by atoms with Crippen molar-refractivity contribution >= 4 is 21.6 Å². The van der Waals surface area contributed by atoms with E-state index in [4.69, 9.17) is 9.72 Å². The standard InChI is InChI=1S/C24H27N3O2S/c1-14-25-21-13-22(15-3-4-15)30-23(21)24(28)27(14)16-7-9-19(10-8-16)29-20-11-17-5-6-18(12-20)26(17)2/h7-10,13,15,17-18,20H,3-6,11-12H2,1-2H3/t17-,18+,20+. The van der Waals surface area contributed by atoms with Crippen LogP contribution in [0.2, 0.25) is 0 Å². The highest BCUT2D eigenvalue weighted by molar-refractivity contribution is 7.19. The van der Waals surface area contributed by atoms with Gasteiger partial charge in [0.05, 0.1) is 11.2 Å². The first-order valence-electron chi connectivity index (χ1n) is 11.1. The lowest BCUT2D eigenvalue weighted by Gasteiger charge is -2.36. The molecule has 1 aromatic carbocycles. The first kappa shape index (κ1) is 18.6. The van der Waals surface area contributed by atoms with Crippen molar-refractivity contribution in [2.24, 2.45) is 0 Å². The first-order valence-corrected chi connectivity index (χ1v) is 11.9. The van der Waals surface area contributed by atoms with E-state index >= 15 is 0 Å². The number of hydrogen-bond acceptors (Lipinski definition) is 5. The number of fused-ring (bicyclic) bond motifs is 3. The molecule has 1 saturated carbocycles. The number of thiophene rings is 1. The van der Waals surface area contributed by atoms with Crippen LogP contribution in [0.3, 0.4) is 0 Å². The number of benzene rings is 1. The van der Waals surface area contributed by atoms with Gasteiger partial charge in [0.15, 0.2) is 0 Å². The molecule has 1 aliphatic carbocycles. The van der Waals surface area contributed by atoms with Crippen molar-refractivity contribution in [3.63, 3.8) is 0 Å². The summed E-state index contributed by atoms with van der Waals surface area (Å²) in [6, 6.07) is 11.4. The van der Waals surface area contributed by atoms with Crippen molar-refractivity contribution < 1.29 is 4.74 Å². The highest BCUT2D eigenvalue weighted by Crippen LogP contribution is 2.44. The van der Waals surface area contributed by atoms with Crippen molar-refractivity contribution in [3.05, 3.63) is 51.4 Å². The molecule has 156 valence electrons. The molecule has 3 atom stereocenters. The third-order valence-electron chi connectivity index (χ3n) is 7.17. The topological polar surface area (TPSA) is 47.4 Å². The second-order valence-corrected chi connectivity index (χ2v) is 10.3. The molecule has 6 heteroatoms. The molecule has 5 nitrogen and oxygen atoms in total. The Morgan fingerprint density at radius 3 is 2.43 bits per heavy atom. The van der Waals surface area contributed by atoms with Crippen LogP contribution in [0.15, 0.2) is 35.1 Å². The smallest absolute Gasteiger partial charge is 0.276 e. The summed E-state index contributed by atoms with van der Waals surface area (Å²) in [5, 5.41) is 0. The van der Waals surface area contributed by atoms with E-state index in [-0.39, 0.29) is 5.56 Å². The summed E-state index contributed by atoms with van der Waals surface area (Å²) in [5.41, 5.74) is 1.73. The van der Waals surface area contributed by atoms with Crippen molar-refractivity contribution in [1.29, 1.82) is 0 Å². The van der Waals surface area contributed by atoms with Gasteiger partial charge < -0.3 is 9.64 Å². The summed E-state index contributed by atoms with van der Waals surface area (Å²) >= 11 is 1.62. The Kier molecular flexibility index (Phi) is 4.29. The molecule has 0 radical (unpaired) electrons. The largest absolute Gasteiger partial charge is 0.490 e. The molecular formula is C24H27N3O2S. The van der Waals surface area contributed by atoms with Crippen LogP contribution in [-0.2, 0) is 0 Å². The zero-order valence-corrected chi connectivity index (χ0v) is 18.3. The van der Waals surface area contributed by atoms with Gasteiger partial charge in [-0.2, -0.15) is 0 Å². The minimum Gasteiger partial charge on any atom is -0.490 e. The number of rotatable bonds is 4. The highest BCUT2D eigenvalue weighted by Gasteiger charge is 2.39. The molecule has 6 rings (SSSR count). The zero-order valence-electron chi connectivity index (χ0n) is 17.5. The number of hydrogen-bond donors (Lipinski definition) is 0. The highest BCUT2D eigenvalue weighted by atomic mass is 32.1. The van der Waals surface area contributed by atoms with E-state index in [9.17, 15) is 4.79 Å². The summed E-state index contributed by atoms with van der Waals surface area (Å²) in [6.45, 7) is 1.91. The van der Waals surface area contributed by atoms with E-state index in [0.717, 1.165) is 40.3 Å². The maximum absolute atomic E-state index is 13.2. The van der Waals surface area contributed by atoms with Crippen LogP contribution in [0.5, 0.6) is 5.75 Å². The molecule has 3 aliphatic rings. The van der Waals surface area contributed by atoms with E-state index in [1.807, 2.05) is 31.2 Å². The average molecular weight is 422 g/mol. The second-order valence-electron chi connectivity index (χ2n) is 9.19. The Morgan fingerprint density at radius 1 is 1.07 bits per heavy atom. The minimum atomic E-state index is 0.0370. The third-order valence-corrected chi connectivity index (χ3v) is 8.44. The van der Waals surface area contributed by atoms with Gasteiger partial charge in [-0.15, -0.1) is 11.3 Å². The summed E-state index contributed by atoms with van der Waals surface area (Å²) in [6.07, 6.45) is 7.57. The molecule has 0 unspecified atom stereocenters. The van der Waals surface area contributed by atoms with Gasteiger partial charge in [-0.3, -0.25) is 9.36 Å². The van der Waals surface area contributed by atoms with Crippen LogP contribution in [0.4, 0.5) is 0 Å². The van der Waals surface area contributed by atoms with E-state index in [2.05, 4.69) is 18.0 Å². The first-order chi connectivity index (χ1) is 14.6. The number of aryl methyl sites for hydroxylation is 1. The molecule has 2 aliphatic heterocycles. The Morgan fingerprint density at radius 2 is 1.77 bits per heavy atom. The molecule has 0 amide bonds. The van der Waals surface area contributed by atoms with Crippen LogP contribution < -0.4 is 10.3 Å². The second kappa shape index (κ2) is 6.92. The molecule has 0 spiro atoms. The van der Waals surface area contributed by atoms with Crippen LogP contribution in [-0.4, -0.2) is 39.7 Å². The normalized spacial score (nSPS) is 26.4. The van der Waals surface area contributed by atoms with Crippen LogP contribution in [0.25, 0.3) is 15.9 Å². The molecule has 30 heavy (non-hydrogen) atoms. The molecule has 2 bridgehead atoms. The fourth-order valence-electron chi connectivity index (χ4n) is 5.31. The van der Waals surface area contributed by atoms with Gasteiger partial charge in [0.2, 0.25) is 0 Å². The van der Waals surface area contributed by atoms with Gasteiger partial charge in [-0.05, 0) is 88.7 Å². The Bertz CT molecular complexity index is 1150. The molecule has 2 saturated heterocycles. The summed E-state index contributed by atoms with van der Waals surface area (Å²) < 4.78 is 8.81. The Hall–Kier alpha value is -2.18. The predicted octanol–water partition coefficient (Wildman–Crippen LogP) is 4.64. The SMILES string of the molecule is Cc1nc2cc(C3CC3)sc2c(=O)n1-c1ccc(O[C@H]2C[C@H]3CC[C@@H](C2)N3C)cc1. The molecule has 4 heterocycles. The van der Waals surface area contributed by atoms with Gasteiger partial charge in [0.25, 0.3) is 5.56 Å². The van der Waals surface area contributed by atoms with Crippen molar-refractivity contribution in [2.75, 3.05) is 7.05 Å². The lowest BCUT2D eigenvalue weighted by atomic mass is 10.0. The quantitative estimate of drug-likeness (QED) is 0.616. The maximum atomic E-state index is 13.2. The molecule has 2 aromatic heterocycles. The van der Waals surface area contributed by atoms with Crippen molar-refractivity contribution in [2.45, 2.75) is 69.6 Å².